The summed E-state index contributed by atoms with van der Waals surface area (Å²) in [6.07, 6.45) is 0. The van der Waals surface area contributed by atoms with E-state index in [0.717, 1.165) is 11.3 Å². The topological polar surface area (TPSA) is 90.7 Å². The average Bonchev–Trinajstić information content (AvgIpc) is 2.64. The number of rotatable bonds is 4. The maximum absolute atomic E-state index is 12.6. The highest BCUT2D eigenvalue weighted by Gasteiger charge is 2.13. The molecule has 0 aliphatic rings. The van der Waals surface area contributed by atoms with E-state index in [0.29, 0.717) is 22.9 Å². The predicted molar refractivity (Wildman–Crippen MR) is 105 cm³/mol. The number of aromatic nitrogens is 2. The van der Waals surface area contributed by atoms with Crippen molar-refractivity contribution in [1.82, 2.24) is 9.97 Å². The number of carbonyl (C=O) groups excluding carboxylic acids is 1. The van der Waals surface area contributed by atoms with Gasteiger partial charge in [0, 0.05) is 11.8 Å². The van der Waals surface area contributed by atoms with Gasteiger partial charge in [0.1, 0.15) is 23.4 Å². The van der Waals surface area contributed by atoms with Gasteiger partial charge in [0.05, 0.1) is 11.3 Å². The van der Waals surface area contributed by atoms with Gasteiger partial charge < -0.3 is 10.6 Å². The van der Waals surface area contributed by atoms with Gasteiger partial charge in [-0.1, -0.05) is 29.8 Å². The van der Waals surface area contributed by atoms with Crippen molar-refractivity contribution >= 4 is 23.1 Å². The van der Waals surface area contributed by atoms with E-state index in [1.54, 1.807) is 37.3 Å². The van der Waals surface area contributed by atoms with Crippen molar-refractivity contribution in [2.75, 3.05) is 10.6 Å². The first-order valence-corrected chi connectivity index (χ1v) is 8.46. The monoisotopic (exact) mass is 357 g/mol. The van der Waals surface area contributed by atoms with Crippen LogP contribution in [0.4, 0.5) is 17.2 Å². The highest BCUT2D eigenvalue weighted by molar-refractivity contribution is 6.04. The standard InChI is InChI=1S/C21H19N5O/c1-13-8-9-17(14(2)10-13)25-20-11-19(23-15(3)24-20)21(27)26-18-7-5-4-6-16(18)12-22/h4-11H,1-3H3,(H,26,27)(H,23,24,25). The minimum atomic E-state index is -0.396. The summed E-state index contributed by atoms with van der Waals surface area (Å²) >= 11 is 0. The van der Waals surface area contributed by atoms with E-state index in [2.05, 4.69) is 32.7 Å². The quantitative estimate of drug-likeness (QED) is 0.728. The normalized spacial score (nSPS) is 10.1. The summed E-state index contributed by atoms with van der Waals surface area (Å²) in [6, 6.07) is 16.5. The van der Waals surface area contributed by atoms with Gasteiger partial charge in [-0.25, -0.2) is 9.97 Å². The minimum absolute atomic E-state index is 0.225. The summed E-state index contributed by atoms with van der Waals surface area (Å²) in [5, 5.41) is 15.1. The number of hydrogen-bond donors (Lipinski definition) is 2. The van der Waals surface area contributed by atoms with Crippen LogP contribution in [0.2, 0.25) is 0 Å². The number of hydrogen-bond acceptors (Lipinski definition) is 5. The molecule has 0 radical (unpaired) electrons. The fraction of sp³-hybridized carbons (Fsp3) is 0.143. The van der Waals surface area contributed by atoms with Gasteiger partial charge >= 0.3 is 0 Å². The van der Waals surface area contributed by atoms with Gasteiger partial charge in [0.15, 0.2) is 0 Å². The summed E-state index contributed by atoms with van der Waals surface area (Å²) in [5.41, 5.74) is 4.24. The maximum Gasteiger partial charge on any atom is 0.274 e. The fourth-order valence-electron chi connectivity index (χ4n) is 2.72. The number of aryl methyl sites for hydroxylation is 3. The molecule has 3 aromatic rings. The fourth-order valence-corrected chi connectivity index (χ4v) is 2.72. The van der Waals surface area contributed by atoms with E-state index in [1.807, 2.05) is 26.0 Å². The lowest BCUT2D eigenvalue weighted by Crippen LogP contribution is -2.16. The Kier molecular flexibility index (Phi) is 5.13. The van der Waals surface area contributed by atoms with Crippen molar-refractivity contribution in [2.45, 2.75) is 20.8 Å². The molecule has 27 heavy (non-hydrogen) atoms. The van der Waals surface area contributed by atoms with Crippen LogP contribution in [0.5, 0.6) is 0 Å². The molecule has 0 atom stereocenters. The van der Waals surface area contributed by atoms with E-state index in [4.69, 9.17) is 5.26 Å². The number of anilines is 3. The molecule has 3 rings (SSSR count). The first-order chi connectivity index (χ1) is 13.0. The summed E-state index contributed by atoms with van der Waals surface area (Å²) < 4.78 is 0. The first-order valence-electron chi connectivity index (χ1n) is 8.46. The highest BCUT2D eigenvalue weighted by atomic mass is 16.1. The molecular weight excluding hydrogens is 338 g/mol. The number of nitrogens with zero attached hydrogens (tertiary/aromatic N) is 3. The van der Waals surface area contributed by atoms with Crippen LogP contribution >= 0.6 is 0 Å². The molecule has 0 saturated carbocycles. The SMILES string of the molecule is Cc1ccc(Nc2cc(C(=O)Nc3ccccc3C#N)nc(C)n2)c(C)c1. The minimum Gasteiger partial charge on any atom is -0.340 e. The molecule has 1 aromatic heterocycles. The van der Waals surface area contributed by atoms with Crippen molar-refractivity contribution in [3.05, 3.63) is 76.7 Å². The number of amides is 1. The zero-order valence-corrected chi connectivity index (χ0v) is 15.4. The molecule has 0 saturated heterocycles. The molecule has 2 N–H and O–H groups in total. The molecule has 0 fully saturated rings. The molecular formula is C21H19N5O. The Bertz CT molecular complexity index is 1050. The zero-order chi connectivity index (χ0) is 19.4. The van der Waals surface area contributed by atoms with Gasteiger partial charge in [-0.15, -0.1) is 0 Å². The highest BCUT2D eigenvalue weighted by Crippen LogP contribution is 2.21. The lowest BCUT2D eigenvalue weighted by molar-refractivity contribution is 0.102. The number of para-hydroxylation sites is 1. The molecule has 0 unspecified atom stereocenters. The van der Waals surface area contributed by atoms with Crippen molar-refractivity contribution < 1.29 is 4.79 Å². The Labute approximate surface area is 157 Å². The number of benzene rings is 2. The molecule has 0 aliphatic carbocycles. The Morgan fingerprint density at radius 2 is 1.78 bits per heavy atom. The van der Waals surface area contributed by atoms with Crippen LogP contribution in [-0.2, 0) is 0 Å². The largest absolute Gasteiger partial charge is 0.340 e. The van der Waals surface area contributed by atoms with Gasteiger partial charge in [-0.05, 0) is 44.5 Å². The summed E-state index contributed by atoms with van der Waals surface area (Å²) in [6.45, 7) is 5.77. The Balaban J connectivity index is 1.86. The van der Waals surface area contributed by atoms with Crippen molar-refractivity contribution in [2.24, 2.45) is 0 Å². The number of nitrogens with one attached hydrogen (secondary N) is 2. The maximum atomic E-state index is 12.6. The van der Waals surface area contributed by atoms with Gasteiger partial charge in [0.25, 0.3) is 5.91 Å². The molecule has 1 heterocycles. The van der Waals surface area contributed by atoms with E-state index in [-0.39, 0.29) is 5.69 Å². The predicted octanol–water partition coefficient (Wildman–Crippen LogP) is 4.27. The van der Waals surface area contributed by atoms with Crippen molar-refractivity contribution in [1.29, 1.82) is 5.26 Å². The molecule has 0 spiro atoms. The lowest BCUT2D eigenvalue weighted by atomic mass is 10.1. The smallest absolute Gasteiger partial charge is 0.274 e. The molecule has 6 heteroatoms. The third-order valence-electron chi connectivity index (χ3n) is 4.01. The van der Waals surface area contributed by atoms with E-state index in [9.17, 15) is 4.79 Å². The van der Waals surface area contributed by atoms with Crippen molar-refractivity contribution in [3.8, 4) is 6.07 Å². The van der Waals surface area contributed by atoms with Crippen LogP contribution < -0.4 is 10.6 Å². The van der Waals surface area contributed by atoms with Gasteiger partial charge in [0.2, 0.25) is 0 Å². The third kappa shape index (κ3) is 4.28. The molecule has 134 valence electrons. The third-order valence-corrected chi connectivity index (χ3v) is 4.01. The first kappa shape index (κ1) is 18.1. The molecule has 0 aliphatic heterocycles. The van der Waals surface area contributed by atoms with Crippen LogP contribution in [0.15, 0.2) is 48.5 Å². The second kappa shape index (κ2) is 7.67. The zero-order valence-electron chi connectivity index (χ0n) is 15.4. The van der Waals surface area contributed by atoms with Crippen LogP contribution in [0.25, 0.3) is 0 Å². The number of nitriles is 1. The van der Waals surface area contributed by atoms with Gasteiger partial charge in [-0.3, -0.25) is 4.79 Å². The van der Waals surface area contributed by atoms with E-state index < -0.39 is 5.91 Å². The van der Waals surface area contributed by atoms with Crippen LogP contribution in [0.3, 0.4) is 0 Å². The summed E-state index contributed by atoms with van der Waals surface area (Å²) in [7, 11) is 0. The van der Waals surface area contributed by atoms with E-state index >= 15 is 0 Å². The van der Waals surface area contributed by atoms with Crippen LogP contribution in [-0.4, -0.2) is 15.9 Å². The van der Waals surface area contributed by atoms with E-state index in [1.165, 1.54) is 5.56 Å². The Hall–Kier alpha value is -3.72. The Morgan fingerprint density at radius 1 is 1.00 bits per heavy atom. The molecule has 1 amide bonds. The lowest BCUT2D eigenvalue weighted by Gasteiger charge is -2.12. The molecule has 6 nitrogen and oxygen atoms in total. The summed E-state index contributed by atoms with van der Waals surface area (Å²) in [4.78, 5) is 21.2. The van der Waals surface area contributed by atoms with Gasteiger partial charge in [-0.2, -0.15) is 5.26 Å². The molecule has 2 aromatic carbocycles. The van der Waals surface area contributed by atoms with Crippen LogP contribution in [0, 0.1) is 32.1 Å². The average molecular weight is 357 g/mol. The number of carbonyl (C=O) groups is 1. The second-order valence-electron chi connectivity index (χ2n) is 6.24. The molecule has 0 bridgehead atoms. The van der Waals surface area contributed by atoms with Crippen molar-refractivity contribution in [3.63, 3.8) is 0 Å². The Morgan fingerprint density at radius 3 is 2.52 bits per heavy atom. The van der Waals surface area contributed by atoms with Crippen LogP contribution in [0.1, 0.15) is 33.0 Å². The second-order valence-corrected chi connectivity index (χ2v) is 6.24. The summed E-state index contributed by atoms with van der Waals surface area (Å²) in [5.74, 6) is 0.614.